The molecule has 0 saturated carbocycles. The summed E-state index contributed by atoms with van der Waals surface area (Å²) >= 11 is 1.81. The van der Waals surface area contributed by atoms with Gasteiger partial charge in [-0.3, -0.25) is 4.79 Å². The zero-order valence-corrected chi connectivity index (χ0v) is 16.8. The first-order chi connectivity index (χ1) is 14.3. The van der Waals surface area contributed by atoms with Crippen molar-refractivity contribution in [2.45, 2.75) is 32.2 Å². The van der Waals surface area contributed by atoms with Crippen molar-refractivity contribution in [1.29, 1.82) is 0 Å². The van der Waals surface area contributed by atoms with Crippen molar-refractivity contribution in [3.63, 3.8) is 0 Å². The van der Waals surface area contributed by atoms with Gasteiger partial charge in [0, 0.05) is 10.5 Å². The molecule has 29 heavy (non-hydrogen) atoms. The van der Waals surface area contributed by atoms with Gasteiger partial charge >= 0.3 is 0 Å². The maximum atomic E-state index is 13.1. The Labute approximate surface area is 173 Å². The molecule has 1 aliphatic heterocycles. The van der Waals surface area contributed by atoms with Crippen LogP contribution in [0.15, 0.2) is 59.4 Å². The number of hydrogen-bond donors (Lipinski definition) is 0. The zero-order chi connectivity index (χ0) is 19.4. The van der Waals surface area contributed by atoms with E-state index in [2.05, 4.69) is 52.0 Å². The second-order valence-corrected chi connectivity index (χ2v) is 8.93. The summed E-state index contributed by atoms with van der Waals surface area (Å²) in [6.45, 7) is 0.765. The number of hydrogen-bond acceptors (Lipinski definition) is 3. The van der Waals surface area contributed by atoms with Crippen LogP contribution in [0.3, 0.4) is 0 Å². The smallest absolute Gasteiger partial charge is 0.282 e. The van der Waals surface area contributed by atoms with E-state index in [9.17, 15) is 4.79 Å². The molecule has 6 rings (SSSR count). The Bertz CT molecular complexity index is 1340. The molecule has 3 nitrogen and oxygen atoms in total. The van der Waals surface area contributed by atoms with Gasteiger partial charge in [-0.05, 0) is 54.0 Å². The zero-order valence-electron chi connectivity index (χ0n) is 16.0. The van der Waals surface area contributed by atoms with Gasteiger partial charge in [0.2, 0.25) is 0 Å². The summed E-state index contributed by atoms with van der Waals surface area (Å²) in [7, 11) is 0. The number of rotatable bonds is 1. The minimum absolute atomic E-state index is 0.0657. The van der Waals surface area contributed by atoms with Gasteiger partial charge in [-0.15, -0.1) is 11.3 Å². The second kappa shape index (κ2) is 6.53. The lowest BCUT2D eigenvalue weighted by Gasteiger charge is -2.24. The summed E-state index contributed by atoms with van der Waals surface area (Å²) in [5, 5.41) is 0.867. The van der Waals surface area contributed by atoms with Gasteiger partial charge in [-0.2, -0.15) is 4.98 Å². The van der Waals surface area contributed by atoms with Crippen molar-refractivity contribution in [1.82, 2.24) is 9.55 Å². The summed E-state index contributed by atoms with van der Waals surface area (Å²) in [5.41, 5.74) is 5.79. The molecule has 2 aromatic carbocycles. The van der Waals surface area contributed by atoms with Crippen LogP contribution in [0.2, 0.25) is 0 Å². The average molecular weight is 397 g/mol. The first-order valence-electron chi connectivity index (χ1n) is 10.2. The van der Waals surface area contributed by atoms with Gasteiger partial charge in [0.1, 0.15) is 10.7 Å². The molecule has 2 aromatic heterocycles. The molecule has 0 N–H and O–H groups in total. The van der Waals surface area contributed by atoms with Crippen molar-refractivity contribution in [3.05, 3.63) is 97.9 Å². The number of benzene rings is 2. The Morgan fingerprint density at radius 3 is 2.66 bits per heavy atom. The third-order valence-electron chi connectivity index (χ3n) is 6.06. The average Bonchev–Trinajstić information content (AvgIpc) is 3.16. The van der Waals surface area contributed by atoms with Crippen LogP contribution < -0.4 is 5.56 Å². The highest BCUT2D eigenvalue weighted by Crippen LogP contribution is 2.39. The molecular weight excluding hydrogens is 376 g/mol. The first-order valence-corrected chi connectivity index (χ1v) is 11.0. The summed E-state index contributed by atoms with van der Waals surface area (Å²) in [5.74, 6) is 0.795. The van der Waals surface area contributed by atoms with Crippen molar-refractivity contribution in [3.8, 4) is 0 Å². The van der Waals surface area contributed by atoms with Crippen LogP contribution in [0.25, 0.3) is 21.9 Å². The SMILES string of the molecule is O=c1nc2n(c3sc4c(c13)CCCC4)Cc1ccccc1/C2=C\c1ccccc1. The minimum atomic E-state index is -0.0657. The number of nitrogens with zero attached hydrogens (tertiary/aromatic N) is 2. The van der Waals surface area contributed by atoms with Crippen LogP contribution in [0.5, 0.6) is 0 Å². The molecule has 0 saturated heterocycles. The molecule has 0 bridgehead atoms. The van der Waals surface area contributed by atoms with Crippen molar-refractivity contribution in [2.24, 2.45) is 0 Å². The number of aromatic nitrogens is 2. The highest BCUT2D eigenvalue weighted by molar-refractivity contribution is 7.18. The maximum Gasteiger partial charge on any atom is 0.282 e. The molecule has 0 radical (unpaired) electrons. The number of thiophene rings is 1. The van der Waals surface area contributed by atoms with Crippen molar-refractivity contribution in [2.75, 3.05) is 0 Å². The van der Waals surface area contributed by atoms with E-state index in [1.165, 1.54) is 34.4 Å². The van der Waals surface area contributed by atoms with Crippen LogP contribution >= 0.6 is 11.3 Å². The molecule has 2 aliphatic rings. The van der Waals surface area contributed by atoms with E-state index in [1.54, 1.807) is 0 Å². The fourth-order valence-electron chi connectivity index (χ4n) is 4.69. The van der Waals surface area contributed by atoms with Crippen LogP contribution in [0, 0.1) is 0 Å². The normalized spacial score (nSPS) is 16.5. The Balaban J connectivity index is 1.67. The Kier molecular flexibility index (Phi) is 3.81. The number of fused-ring (bicyclic) bond motifs is 6. The summed E-state index contributed by atoms with van der Waals surface area (Å²) in [6.07, 6.45) is 6.65. The van der Waals surface area contributed by atoms with E-state index in [0.29, 0.717) is 0 Å². The van der Waals surface area contributed by atoms with Crippen LogP contribution in [0.1, 0.15) is 45.8 Å². The third kappa shape index (κ3) is 2.63. The maximum absolute atomic E-state index is 13.1. The number of aryl methyl sites for hydroxylation is 2. The summed E-state index contributed by atoms with van der Waals surface area (Å²) in [4.78, 5) is 20.3. The minimum Gasteiger partial charge on any atom is -0.312 e. The monoisotopic (exact) mass is 396 g/mol. The molecule has 142 valence electrons. The largest absolute Gasteiger partial charge is 0.312 e. The fourth-order valence-corrected chi connectivity index (χ4v) is 6.07. The standard InChI is InChI=1S/C25H20N2OS/c28-24-22-19-12-6-7-13-21(19)29-25(22)27-15-17-10-4-5-11-18(17)20(23(27)26-24)14-16-8-2-1-3-9-16/h1-5,8-11,14H,6-7,12-13,15H2/b20-14+. The molecule has 0 spiro atoms. The lowest BCUT2D eigenvalue weighted by Crippen LogP contribution is -2.23. The Morgan fingerprint density at radius 1 is 0.966 bits per heavy atom. The summed E-state index contributed by atoms with van der Waals surface area (Å²) in [6, 6.07) is 18.8. The molecule has 0 atom stereocenters. The quantitative estimate of drug-likeness (QED) is 0.386. The van der Waals surface area contributed by atoms with Gasteiger partial charge < -0.3 is 4.57 Å². The van der Waals surface area contributed by atoms with Gasteiger partial charge in [0.05, 0.1) is 11.9 Å². The Morgan fingerprint density at radius 2 is 1.76 bits per heavy atom. The van der Waals surface area contributed by atoms with Crippen LogP contribution in [-0.2, 0) is 19.4 Å². The van der Waals surface area contributed by atoms with E-state index >= 15 is 0 Å². The van der Waals surface area contributed by atoms with Crippen LogP contribution in [-0.4, -0.2) is 9.55 Å². The molecular formula is C25H20N2OS. The first kappa shape index (κ1) is 16.9. The fraction of sp³-hybridized carbons (Fsp3) is 0.200. The Hall–Kier alpha value is -2.98. The van der Waals surface area contributed by atoms with Crippen LogP contribution in [0.4, 0.5) is 0 Å². The van der Waals surface area contributed by atoms with Gasteiger partial charge in [-0.1, -0.05) is 54.6 Å². The van der Waals surface area contributed by atoms with E-state index in [0.717, 1.165) is 46.6 Å². The van der Waals surface area contributed by atoms with E-state index < -0.39 is 0 Å². The predicted molar refractivity (Wildman–Crippen MR) is 119 cm³/mol. The summed E-state index contributed by atoms with van der Waals surface area (Å²) < 4.78 is 2.27. The van der Waals surface area contributed by atoms with E-state index in [4.69, 9.17) is 0 Å². The molecule has 1 aliphatic carbocycles. The van der Waals surface area contributed by atoms with Gasteiger partial charge in [-0.25, -0.2) is 0 Å². The van der Waals surface area contributed by atoms with E-state index in [-0.39, 0.29) is 5.56 Å². The van der Waals surface area contributed by atoms with Crippen molar-refractivity contribution >= 4 is 33.2 Å². The van der Waals surface area contributed by atoms with Gasteiger partial charge in [0.15, 0.2) is 0 Å². The van der Waals surface area contributed by atoms with Gasteiger partial charge in [0.25, 0.3) is 5.56 Å². The highest BCUT2D eigenvalue weighted by atomic mass is 32.1. The molecule has 0 unspecified atom stereocenters. The molecule has 0 fully saturated rings. The molecule has 0 amide bonds. The molecule has 4 aromatic rings. The molecule has 3 heterocycles. The second-order valence-electron chi connectivity index (χ2n) is 7.84. The lowest BCUT2D eigenvalue weighted by atomic mass is 9.93. The predicted octanol–water partition coefficient (Wildman–Crippen LogP) is 5.29. The van der Waals surface area contributed by atoms with Crippen molar-refractivity contribution < 1.29 is 0 Å². The molecule has 4 heteroatoms. The topological polar surface area (TPSA) is 34.9 Å². The van der Waals surface area contributed by atoms with E-state index in [1.807, 2.05) is 29.5 Å². The third-order valence-corrected chi connectivity index (χ3v) is 7.38. The highest BCUT2D eigenvalue weighted by Gasteiger charge is 2.27. The lowest BCUT2D eigenvalue weighted by molar-refractivity contribution is 0.699.